The molecule has 1 unspecified atom stereocenters. The quantitative estimate of drug-likeness (QED) is 0.836. The molecule has 0 aliphatic carbocycles. The SMILES string of the molecule is CCN(CC1COc2ccccc2O1)C(=O)Nc1cc(Cl)ccc1Cl. The van der Waals surface area contributed by atoms with Crippen molar-refractivity contribution >= 4 is 34.9 Å². The van der Waals surface area contributed by atoms with Gasteiger partial charge in [-0.05, 0) is 37.3 Å². The summed E-state index contributed by atoms with van der Waals surface area (Å²) in [6, 6.07) is 12.1. The number of nitrogens with zero attached hydrogens (tertiary/aromatic N) is 1. The maximum absolute atomic E-state index is 12.5. The lowest BCUT2D eigenvalue weighted by atomic mass is 10.2. The van der Waals surface area contributed by atoms with Crippen LogP contribution in [0.5, 0.6) is 11.5 Å². The lowest BCUT2D eigenvalue weighted by molar-refractivity contribution is 0.0693. The van der Waals surface area contributed by atoms with Crippen LogP contribution in [0.3, 0.4) is 0 Å². The first-order valence-electron chi connectivity index (χ1n) is 7.96. The van der Waals surface area contributed by atoms with Gasteiger partial charge in [-0.25, -0.2) is 4.79 Å². The van der Waals surface area contributed by atoms with Gasteiger partial charge in [-0.15, -0.1) is 0 Å². The third-order valence-electron chi connectivity index (χ3n) is 3.83. The molecule has 0 spiro atoms. The Morgan fingerprint density at radius 1 is 1.24 bits per heavy atom. The fraction of sp³-hybridized carbons (Fsp3) is 0.278. The van der Waals surface area contributed by atoms with Gasteiger partial charge in [0.2, 0.25) is 0 Å². The summed E-state index contributed by atoms with van der Waals surface area (Å²) in [4.78, 5) is 14.2. The Balaban J connectivity index is 1.64. The van der Waals surface area contributed by atoms with Crippen LogP contribution in [0.15, 0.2) is 42.5 Å². The number of rotatable bonds is 4. The number of likely N-dealkylation sites (N-methyl/N-ethyl adjacent to an activating group) is 1. The molecule has 132 valence electrons. The van der Waals surface area contributed by atoms with Gasteiger partial charge in [-0.3, -0.25) is 0 Å². The van der Waals surface area contributed by atoms with Gasteiger partial charge in [-0.2, -0.15) is 0 Å². The Bertz CT molecular complexity index is 770. The van der Waals surface area contributed by atoms with E-state index in [1.807, 2.05) is 31.2 Å². The van der Waals surface area contributed by atoms with Crippen molar-refractivity contribution in [2.24, 2.45) is 0 Å². The zero-order valence-corrected chi connectivity index (χ0v) is 15.2. The van der Waals surface area contributed by atoms with E-state index in [-0.39, 0.29) is 12.1 Å². The smallest absolute Gasteiger partial charge is 0.322 e. The molecule has 25 heavy (non-hydrogen) atoms. The number of halogens is 2. The van der Waals surface area contributed by atoms with E-state index >= 15 is 0 Å². The number of anilines is 1. The Kier molecular flexibility index (Phi) is 5.56. The Labute approximate surface area is 156 Å². The number of hydrogen-bond acceptors (Lipinski definition) is 3. The van der Waals surface area contributed by atoms with E-state index in [0.717, 1.165) is 5.75 Å². The predicted molar refractivity (Wildman–Crippen MR) is 99.1 cm³/mol. The van der Waals surface area contributed by atoms with Crippen molar-refractivity contribution in [2.75, 3.05) is 25.0 Å². The molecule has 2 aromatic rings. The number of benzene rings is 2. The molecule has 7 heteroatoms. The van der Waals surface area contributed by atoms with Crippen LogP contribution in [-0.4, -0.2) is 36.7 Å². The molecule has 0 fully saturated rings. The second-order valence-electron chi connectivity index (χ2n) is 5.59. The second kappa shape index (κ2) is 7.85. The molecule has 0 saturated carbocycles. The first-order valence-corrected chi connectivity index (χ1v) is 8.72. The monoisotopic (exact) mass is 380 g/mol. The van der Waals surface area contributed by atoms with E-state index in [1.165, 1.54) is 0 Å². The van der Waals surface area contributed by atoms with Crippen LogP contribution in [0.1, 0.15) is 6.92 Å². The number of hydrogen-bond donors (Lipinski definition) is 1. The molecule has 0 radical (unpaired) electrons. The summed E-state index contributed by atoms with van der Waals surface area (Å²) in [5.74, 6) is 1.41. The van der Waals surface area contributed by atoms with Crippen molar-refractivity contribution in [1.29, 1.82) is 0 Å². The minimum Gasteiger partial charge on any atom is -0.486 e. The highest BCUT2D eigenvalue weighted by atomic mass is 35.5. The minimum absolute atomic E-state index is 0.240. The summed E-state index contributed by atoms with van der Waals surface area (Å²) < 4.78 is 11.6. The summed E-state index contributed by atoms with van der Waals surface area (Å²) in [6.45, 7) is 3.20. The Hall–Kier alpha value is -2.11. The number of nitrogens with one attached hydrogen (secondary N) is 1. The van der Waals surface area contributed by atoms with Gasteiger partial charge >= 0.3 is 6.03 Å². The van der Waals surface area contributed by atoms with Gasteiger partial charge in [0.1, 0.15) is 6.61 Å². The van der Waals surface area contributed by atoms with Crippen molar-refractivity contribution in [3.8, 4) is 11.5 Å². The first kappa shape index (κ1) is 17.7. The molecule has 1 aliphatic heterocycles. The largest absolute Gasteiger partial charge is 0.486 e. The van der Waals surface area contributed by atoms with Crippen molar-refractivity contribution in [1.82, 2.24) is 4.90 Å². The minimum atomic E-state index is -0.269. The fourth-order valence-corrected chi connectivity index (χ4v) is 2.88. The number of amides is 2. The summed E-state index contributed by atoms with van der Waals surface area (Å²) in [5, 5.41) is 3.72. The van der Waals surface area contributed by atoms with E-state index in [1.54, 1.807) is 23.1 Å². The van der Waals surface area contributed by atoms with Crippen molar-refractivity contribution in [2.45, 2.75) is 13.0 Å². The van der Waals surface area contributed by atoms with Crippen LogP contribution >= 0.6 is 23.2 Å². The average Bonchev–Trinajstić information content (AvgIpc) is 2.62. The van der Waals surface area contributed by atoms with Crippen LogP contribution in [-0.2, 0) is 0 Å². The molecule has 0 saturated heterocycles. The van der Waals surface area contributed by atoms with Gasteiger partial charge in [0, 0.05) is 11.6 Å². The van der Waals surface area contributed by atoms with E-state index in [0.29, 0.717) is 41.2 Å². The van der Waals surface area contributed by atoms with Crippen LogP contribution in [0, 0.1) is 0 Å². The normalized spacial score (nSPS) is 15.6. The van der Waals surface area contributed by atoms with Gasteiger partial charge < -0.3 is 19.7 Å². The number of carbonyl (C=O) groups is 1. The van der Waals surface area contributed by atoms with E-state index in [2.05, 4.69) is 5.32 Å². The highest BCUT2D eigenvalue weighted by molar-refractivity contribution is 6.35. The summed E-state index contributed by atoms with van der Waals surface area (Å²) >= 11 is 12.1. The molecule has 3 rings (SSSR count). The zero-order chi connectivity index (χ0) is 17.8. The van der Waals surface area contributed by atoms with Gasteiger partial charge in [-0.1, -0.05) is 35.3 Å². The molecule has 1 heterocycles. The van der Waals surface area contributed by atoms with Crippen molar-refractivity contribution in [3.05, 3.63) is 52.5 Å². The topological polar surface area (TPSA) is 50.8 Å². The Morgan fingerprint density at radius 3 is 2.76 bits per heavy atom. The van der Waals surface area contributed by atoms with Gasteiger partial charge in [0.25, 0.3) is 0 Å². The summed E-state index contributed by atoms with van der Waals surface area (Å²) in [5.41, 5.74) is 0.476. The number of ether oxygens (including phenoxy) is 2. The lowest BCUT2D eigenvalue weighted by Crippen LogP contribution is -2.45. The van der Waals surface area contributed by atoms with E-state index in [9.17, 15) is 4.79 Å². The molecule has 5 nitrogen and oxygen atoms in total. The second-order valence-corrected chi connectivity index (χ2v) is 6.43. The molecule has 1 N–H and O–H groups in total. The molecule has 0 bridgehead atoms. The van der Waals surface area contributed by atoms with Gasteiger partial charge in [0.15, 0.2) is 17.6 Å². The highest BCUT2D eigenvalue weighted by Gasteiger charge is 2.25. The summed E-state index contributed by atoms with van der Waals surface area (Å²) in [6.07, 6.45) is -0.240. The molecular formula is C18H18Cl2N2O3. The number of urea groups is 1. The maximum atomic E-state index is 12.5. The van der Waals surface area contributed by atoms with Crippen LogP contribution in [0.4, 0.5) is 10.5 Å². The number of para-hydroxylation sites is 2. The van der Waals surface area contributed by atoms with Crippen LogP contribution < -0.4 is 14.8 Å². The molecule has 1 aliphatic rings. The van der Waals surface area contributed by atoms with Gasteiger partial charge in [0.05, 0.1) is 17.3 Å². The van der Waals surface area contributed by atoms with Crippen LogP contribution in [0.2, 0.25) is 10.0 Å². The molecule has 0 aromatic heterocycles. The lowest BCUT2D eigenvalue weighted by Gasteiger charge is -2.31. The van der Waals surface area contributed by atoms with Crippen LogP contribution in [0.25, 0.3) is 0 Å². The number of fused-ring (bicyclic) bond motifs is 1. The zero-order valence-electron chi connectivity index (χ0n) is 13.7. The fourth-order valence-electron chi connectivity index (χ4n) is 2.54. The van der Waals surface area contributed by atoms with Crippen molar-refractivity contribution in [3.63, 3.8) is 0 Å². The third kappa shape index (κ3) is 4.30. The van der Waals surface area contributed by atoms with Crippen molar-refractivity contribution < 1.29 is 14.3 Å². The third-order valence-corrected chi connectivity index (χ3v) is 4.40. The van der Waals surface area contributed by atoms with E-state index < -0.39 is 0 Å². The average molecular weight is 381 g/mol. The maximum Gasteiger partial charge on any atom is 0.322 e. The predicted octanol–water partition coefficient (Wildman–Crippen LogP) is 4.69. The highest BCUT2D eigenvalue weighted by Crippen LogP contribution is 2.31. The summed E-state index contributed by atoms with van der Waals surface area (Å²) in [7, 11) is 0. The molecule has 2 amide bonds. The van der Waals surface area contributed by atoms with E-state index in [4.69, 9.17) is 32.7 Å². The molecule has 2 aromatic carbocycles. The first-order chi connectivity index (χ1) is 12.1. The molecular weight excluding hydrogens is 363 g/mol. The Morgan fingerprint density at radius 2 is 2.00 bits per heavy atom. The standard InChI is InChI=1S/C18H18Cl2N2O3/c1-2-22(18(23)21-15-9-12(19)7-8-14(15)20)10-13-11-24-16-5-3-4-6-17(16)25-13/h3-9,13H,2,10-11H2,1H3,(H,21,23). The number of carbonyl (C=O) groups excluding carboxylic acids is 1. The molecule has 1 atom stereocenters.